The first kappa shape index (κ1) is 33.1. The lowest BCUT2D eigenvalue weighted by atomic mass is 9.89. The van der Waals surface area contributed by atoms with E-state index in [4.69, 9.17) is 12.3 Å². The molecule has 0 bridgehead atoms. The average molecular weight is 635 g/mol. The minimum Gasteiger partial charge on any atom is -0.400 e. The summed E-state index contributed by atoms with van der Waals surface area (Å²) in [6.07, 6.45) is 28.8. The number of aryl methyl sites for hydroxylation is 1. The van der Waals surface area contributed by atoms with Crippen molar-refractivity contribution in [1.29, 1.82) is 0 Å². The molecule has 2 N–H and O–H groups in total. The molecule has 0 saturated carbocycles. The van der Waals surface area contributed by atoms with Crippen LogP contribution in [0.2, 0.25) is 0 Å². The second kappa shape index (κ2) is 14.5. The topological polar surface area (TPSA) is 46.5 Å². The molecule has 1 aromatic heterocycles. The number of allylic oxidation sites excluding steroid dienone is 12. The van der Waals surface area contributed by atoms with Crippen molar-refractivity contribution in [3.63, 3.8) is 0 Å². The Morgan fingerprint density at radius 3 is 2.54 bits per heavy atom. The Balaban J connectivity index is 1.51. The van der Waals surface area contributed by atoms with Gasteiger partial charge in [0.05, 0.1) is 17.3 Å². The van der Waals surface area contributed by atoms with Crippen LogP contribution in [0, 0.1) is 12.8 Å². The molecule has 0 spiro atoms. The Kier molecular flexibility index (Phi) is 10.0. The van der Waals surface area contributed by atoms with Crippen LogP contribution < -0.4 is 5.73 Å². The van der Waals surface area contributed by atoms with Crippen LogP contribution in [0.5, 0.6) is 0 Å². The summed E-state index contributed by atoms with van der Waals surface area (Å²) in [5.41, 5.74) is 17.3. The molecule has 3 atom stereocenters. The molecule has 0 fully saturated rings. The molecule has 2 unspecified atom stereocenters. The third-order valence-electron chi connectivity index (χ3n) is 10.1. The van der Waals surface area contributed by atoms with Gasteiger partial charge in [0.25, 0.3) is 0 Å². The Morgan fingerprint density at radius 2 is 1.71 bits per heavy atom. The van der Waals surface area contributed by atoms with E-state index in [-0.39, 0.29) is 12.1 Å². The summed E-state index contributed by atoms with van der Waals surface area (Å²) in [5.74, 6) is 0.520. The van der Waals surface area contributed by atoms with E-state index in [1.54, 1.807) is 0 Å². The maximum atomic E-state index is 6.52. The van der Waals surface area contributed by atoms with Gasteiger partial charge in [-0.15, -0.1) is 0 Å². The third-order valence-corrected chi connectivity index (χ3v) is 10.1. The molecule has 4 heteroatoms. The highest BCUT2D eigenvalue weighted by Crippen LogP contribution is 2.39. The molecule has 2 aromatic carbocycles. The smallest absolute Gasteiger partial charge is 0.0884 e. The SMILES string of the molecule is C=NC1=C(N)CCC=C1C1=C(C)C(=C)N(C2=C[C@@H](n3c4ccccc4c4cccc(C)c43)CC=C2)C(C)/C=C\C=C/C(C)CCCC=C1. The monoisotopic (exact) mass is 634 g/mol. The highest BCUT2D eigenvalue weighted by atomic mass is 15.2. The van der Waals surface area contributed by atoms with Crippen molar-refractivity contribution in [2.24, 2.45) is 16.6 Å². The molecule has 3 aromatic rings. The van der Waals surface area contributed by atoms with E-state index in [2.05, 4.69) is 152 Å². The van der Waals surface area contributed by atoms with E-state index in [0.717, 1.165) is 78.0 Å². The fraction of sp³-hybridized carbons (Fsp3) is 0.295. The van der Waals surface area contributed by atoms with Gasteiger partial charge in [0.15, 0.2) is 0 Å². The molecule has 1 aliphatic heterocycles. The van der Waals surface area contributed by atoms with E-state index in [0.29, 0.717) is 5.92 Å². The van der Waals surface area contributed by atoms with E-state index in [1.165, 1.54) is 27.4 Å². The summed E-state index contributed by atoms with van der Waals surface area (Å²) in [4.78, 5) is 6.82. The molecule has 48 heavy (non-hydrogen) atoms. The number of hydrogen-bond acceptors (Lipinski definition) is 3. The zero-order valence-electron chi connectivity index (χ0n) is 29.1. The van der Waals surface area contributed by atoms with Gasteiger partial charge in [0.2, 0.25) is 0 Å². The van der Waals surface area contributed by atoms with Crippen molar-refractivity contribution >= 4 is 28.5 Å². The summed E-state index contributed by atoms with van der Waals surface area (Å²) >= 11 is 0. The van der Waals surface area contributed by atoms with Crippen molar-refractivity contribution in [2.75, 3.05) is 0 Å². The zero-order valence-corrected chi connectivity index (χ0v) is 29.1. The number of aromatic nitrogens is 1. The van der Waals surface area contributed by atoms with Gasteiger partial charge in [-0.2, -0.15) is 0 Å². The molecule has 3 aliphatic rings. The average Bonchev–Trinajstić information content (AvgIpc) is 3.43. The first-order valence-corrected chi connectivity index (χ1v) is 17.5. The maximum absolute atomic E-state index is 6.52. The van der Waals surface area contributed by atoms with Gasteiger partial charge in [-0.05, 0) is 107 Å². The molecule has 0 radical (unpaired) electrons. The number of nitrogens with two attached hydrogens (primary N) is 1. The van der Waals surface area contributed by atoms with E-state index in [9.17, 15) is 0 Å². The van der Waals surface area contributed by atoms with Crippen LogP contribution in [0.15, 0.2) is 154 Å². The number of nitrogens with zero attached hydrogens (tertiary/aromatic N) is 3. The maximum Gasteiger partial charge on any atom is 0.0884 e. The predicted octanol–water partition coefficient (Wildman–Crippen LogP) is 11.1. The molecule has 2 heterocycles. The van der Waals surface area contributed by atoms with Crippen molar-refractivity contribution < 1.29 is 0 Å². The van der Waals surface area contributed by atoms with Crippen LogP contribution in [0.25, 0.3) is 21.8 Å². The summed E-state index contributed by atoms with van der Waals surface area (Å²) < 4.78 is 2.55. The van der Waals surface area contributed by atoms with E-state index >= 15 is 0 Å². The molecule has 6 rings (SSSR count). The summed E-state index contributed by atoms with van der Waals surface area (Å²) in [6.45, 7) is 17.7. The normalized spacial score (nSPS) is 24.4. The van der Waals surface area contributed by atoms with Gasteiger partial charge in [-0.25, -0.2) is 0 Å². The van der Waals surface area contributed by atoms with Crippen LogP contribution >= 0.6 is 0 Å². The van der Waals surface area contributed by atoms with Gasteiger partial charge < -0.3 is 15.2 Å². The summed E-state index contributed by atoms with van der Waals surface area (Å²) in [5, 5.41) is 2.60. The zero-order chi connectivity index (χ0) is 33.8. The third kappa shape index (κ3) is 6.49. The lowest BCUT2D eigenvalue weighted by Crippen LogP contribution is -2.31. The molecule has 0 amide bonds. The first-order chi connectivity index (χ1) is 23.3. The van der Waals surface area contributed by atoms with E-state index in [1.807, 2.05) is 0 Å². The predicted molar refractivity (Wildman–Crippen MR) is 207 cm³/mol. The van der Waals surface area contributed by atoms with Gasteiger partial charge in [0.1, 0.15) is 0 Å². The fourth-order valence-electron chi connectivity index (χ4n) is 7.56. The number of aliphatic imine (C=N–C) groups is 1. The van der Waals surface area contributed by atoms with Crippen LogP contribution in [0.1, 0.15) is 70.9 Å². The molecule has 246 valence electrons. The van der Waals surface area contributed by atoms with Crippen molar-refractivity contribution in [2.45, 2.75) is 78.3 Å². The number of hydrogen-bond donors (Lipinski definition) is 1. The largest absolute Gasteiger partial charge is 0.400 e. The molecular weight excluding hydrogens is 585 g/mol. The minimum absolute atomic E-state index is 0.0512. The van der Waals surface area contributed by atoms with Gasteiger partial charge in [-0.1, -0.05) is 98.5 Å². The van der Waals surface area contributed by atoms with Gasteiger partial charge >= 0.3 is 0 Å². The minimum atomic E-state index is 0.0512. The number of fused-ring (bicyclic) bond motifs is 3. The number of para-hydroxylation sites is 2. The highest BCUT2D eigenvalue weighted by Gasteiger charge is 2.26. The van der Waals surface area contributed by atoms with E-state index < -0.39 is 0 Å². The first-order valence-electron chi connectivity index (χ1n) is 17.5. The number of rotatable bonds is 4. The lowest BCUT2D eigenvalue weighted by Gasteiger charge is -2.36. The van der Waals surface area contributed by atoms with Crippen molar-refractivity contribution in [1.82, 2.24) is 9.47 Å². The van der Waals surface area contributed by atoms with Gasteiger partial charge in [-0.3, -0.25) is 4.99 Å². The Labute approximate surface area is 287 Å². The second-order valence-electron chi connectivity index (χ2n) is 13.5. The summed E-state index contributed by atoms with van der Waals surface area (Å²) in [7, 11) is 0. The highest BCUT2D eigenvalue weighted by molar-refractivity contribution is 6.09. The Bertz CT molecular complexity index is 1980. The lowest BCUT2D eigenvalue weighted by molar-refractivity contribution is 0.393. The van der Waals surface area contributed by atoms with Crippen LogP contribution in [0.4, 0.5) is 0 Å². The fourth-order valence-corrected chi connectivity index (χ4v) is 7.56. The van der Waals surface area contributed by atoms with Crippen LogP contribution in [-0.2, 0) is 0 Å². The molecular formula is C44H50N4. The molecule has 0 saturated heterocycles. The second-order valence-corrected chi connectivity index (χ2v) is 13.5. The quantitative estimate of drug-likeness (QED) is 0.290. The standard InChI is InChI=1S/C44H50N4/c1-30-17-8-7-9-23-37(39-25-16-27-41(45)43(39)46-6)33(4)34(5)47(32(3)20-11-10-18-30)35-21-15-22-36(29-35)48-42-28-13-12-24-38(42)40-26-14-19-31(2)44(40)48/h9-15,18-21,23-26,28-30,32,36H,5-8,16-17,22,27,45H2,1-4H3/b18-10-,20-11-,23-9?,37-33?/t30?,32?,36-/m0/s1. The number of benzene rings is 2. The molecule has 4 nitrogen and oxygen atoms in total. The van der Waals surface area contributed by atoms with Crippen molar-refractivity contribution in [3.8, 4) is 0 Å². The van der Waals surface area contributed by atoms with Gasteiger partial charge in [0, 0.05) is 45.0 Å². The molecule has 2 aliphatic carbocycles. The Morgan fingerprint density at radius 1 is 0.917 bits per heavy atom. The van der Waals surface area contributed by atoms with Crippen LogP contribution in [0.3, 0.4) is 0 Å². The van der Waals surface area contributed by atoms with Crippen molar-refractivity contribution in [3.05, 3.63) is 155 Å². The van der Waals surface area contributed by atoms with Crippen LogP contribution in [-0.4, -0.2) is 22.2 Å². The summed E-state index contributed by atoms with van der Waals surface area (Å²) in [6, 6.07) is 15.7. The Hall–Kier alpha value is -4.83.